The maximum atomic E-state index is 12.1. The van der Waals surface area contributed by atoms with Gasteiger partial charge in [-0.15, -0.1) is 0 Å². The Bertz CT molecular complexity index is 812. The fourth-order valence-electron chi connectivity index (χ4n) is 1.89. The number of carbonyl (C=O) groups excluding carboxylic acids is 1. The van der Waals surface area contributed by atoms with Crippen LogP contribution in [0.15, 0.2) is 36.4 Å². The Balaban J connectivity index is 2.25. The van der Waals surface area contributed by atoms with Crippen molar-refractivity contribution in [2.75, 3.05) is 5.32 Å². The van der Waals surface area contributed by atoms with Gasteiger partial charge in [-0.3, -0.25) is 14.9 Å². The van der Waals surface area contributed by atoms with Crippen LogP contribution in [-0.2, 0) is 0 Å². The number of nitriles is 1. The predicted molar refractivity (Wildman–Crippen MR) is 82.0 cm³/mol. The average molecular weight is 316 g/mol. The summed E-state index contributed by atoms with van der Waals surface area (Å²) in [5.41, 5.74) is 1.30. The fraction of sp³-hybridized carbons (Fsp3) is 0.0667. The lowest BCUT2D eigenvalue weighted by Gasteiger charge is -2.07. The lowest BCUT2D eigenvalue weighted by molar-refractivity contribution is -0.385. The number of hydrogen-bond donors (Lipinski definition) is 1. The minimum Gasteiger partial charge on any atom is -0.322 e. The number of nitrogens with zero attached hydrogens (tertiary/aromatic N) is 2. The Labute approximate surface area is 131 Å². The molecule has 1 amide bonds. The molecule has 2 aromatic carbocycles. The summed E-state index contributed by atoms with van der Waals surface area (Å²) in [6.45, 7) is 1.56. The number of nitro benzene ring substituents is 1. The number of halogens is 1. The van der Waals surface area contributed by atoms with Gasteiger partial charge in [0.2, 0.25) is 0 Å². The summed E-state index contributed by atoms with van der Waals surface area (Å²) in [5, 5.41) is 22.6. The second kappa shape index (κ2) is 6.24. The van der Waals surface area contributed by atoms with Crippen LogP contribution in [-0.4, -0.2) is 10.8 Å². The molecule has 7 heteroatoms. The molecule has 0 unspecified atom stereocenters. The van der Waals surface area contributed by atoms with Gasteiger partial charge in [0, 0.05) is 22.9 Å². The highest BCUT2D eigenvalue weighted by Gasteiger charge is 2.14. The molecule has 22 heavy (non-hydrogen) atoms. The van der Waals surface area contributed by atoms with Gasteiger partial charge < -0.3 is 5.32 Å². The van der Waals surface area contributed by atoms with E-state index in [0.29, 0.717) is 16.3 Å². The predicted octanol–water partition coefficient (Wildman–Crippen LogP) is 3.68. The first-order chi connectivity index (χ1) is 10.4. The third-order valence-electron chi connectivity index (χ3n) is 3.00. The monoisotopic (exact) mass is 315 g/mol. The Morgan fingerprint density at radius 2 is 2.05 bits per heavy atom. The van der Waals surface area contributed by atoms with E-state index in [1.807, 2.05) is 6.07 Å². The molecule has 0 saturated heterocycles. The van der Waals surface area contributed by atoms with E-state index in [4.69, 9.17) is 16.9 Å². The van der Waals surface area contributed by atoms with Crippen LogP contribution in [0.1, 0.15) is 21.5 Å². The van der Waals surface area contributed by atoms with Gasteiger partial charge in [0.1, 0.15) is 6.07 Å². The molecule has 0 bridgehead atoms. The summed E-state index contributed by atoms with van der Waals surface area (Å²) < 4.78 is 0. The Morgan fingerprint density at radius 3 is 2.64 bits per heavy atom. The van der Waals surface area contributed by atoms with Gasteiger partial charge in [0.15, 0.2) is 0 Å². The first kappa shape index (κ1) is 15.5. The van der Waals surface area contributed by atoms with Gasteiger partial charge in [-0.25, -0.2) is 0 Å². The van der Waals surface area contributed by atoms with Crippen molar-refractivity contribution < 1.29 is 9.72 Å². The minimum atomic E-state index is -0.505. The molecule has 0 saturated carbocycles. The first-order valence-corrected chi connectivity index (χ1v) is 6.56. The zero-order valence-corrected chi connectivity index (χ0v) is 12.2. The topological polar surface area (TPSA) is 96.0 Å². The molecule has 110 valence electrons. The van der Waals surface area contributed by atoms with Gasteiger partial charge >= 0.3 is 0 Å². The summed E-state index contributed by atoms with van der Waals surface area (Å²) in [5.74, 6) is -0.427. The van der Waals surface area contributed by atoms with E-state index in [9.17, 15) is 14.9 Å². The number of amides is 1. The van der Waals surface area contributed by atoms with Crippen LogP contribution in [0.2, 0.25) is 5.02 Å². The Kier molecular flexibility index (Phi) is 4.39. The molecule has 0 fully saturated rings. The third-order valence-corrected chi connectivity index (χ3v) is 3.33. The standard InChI is InChI=1S/C15H10ClN3O3/c1-9-6-10(2-5-14(9)19(21)22)15(20)18-12-3-4-13(16)11(7-12)8-17/h2-7H,1H3,(H,18,20). The van der Waals surface area contributed by atoms with Gasteiger partial charge in [0.05, 0.1) is 15.5 Å². The van der Waals surface area contributed by atoms with Crippen LogP contribution in [0.25, 0.3) is 0 Å². The summed E-state index contributed by atoms with van der Waals surface area (Å²) >= 11 is 5.82. The van der Waals surface area contributed by atoms with Crippen LogP contribution in [0.3, 0.4) is 0 Å². The van der Waals surface area contributed by atoms with Crippen molar-refractivity contribution in [3.8, 4) is 6.07 Å². The van der Waals surface area contributed by atoms with Crippen LogP contribution in [0.5, 0.6) is 0 Å². The fourth-order valence-corrected chi connectivity index (χ4v) is 2.05. The molecular weight excluding hydrogens is 306 g/mol. The number of anilines is 1. The summed E-state index contributed by atoms with van der Waals surface area (Å²) in [6, 6.07) is 10.6. The Hall–Kier alpha value is -2.91. The summed E-state index contributed by atoms with van der Waals surface area (Å²) in [7, 11) is 0. The van der Waals surface area contributed by atoms with Gasteiger partial charge in [-0.2, -0.15) is 5.26 Å². The van der Waals surface area contributed by atoms with Crippen LogP contribution >= 0.6 is 11.6 Å². The molecule has 6 nitrogen and oxygen atoms in total. The molecule has 0 atom stereocenters. The van der Waals surface area contributed by atoms with Crippen molar-refractivity contribution >= 4 is 28.9 Å². The van der Waals surface area contributed by atoms with Crippen molar-refractivity contribution in [1.82, 2.24) is 0 Å². The third kappa shape index (κ3) is 3.22. The first-order valence-electron chi connectivity index (χ1n) is 6.18. The van der Waals surface area contributed by atoms with Crippen molar-refractivity contribution in [2.24, 2.45) is 0 Å². The van der Waals surface area contributed by atoms with E-state index in [-0.39, 0.29) is 16.8 Å². The highest BCUT2D eigenvalue weighted by molar-refractivity contribution is 6.31. The minimum absolute atomic E-state index is 0.0465. The number of carbonyl (C=O) groups is 1. The summed E-state index contributed by atoms with van der Waals surface area (Å²) in [6.07, 6.45) is 0. The van der Waals surface area contributed by atoms with E-state index >= 15 is 0 Å². The molecule has 2 aromatic rings. The summed E-state index contributed by atoms with van der Waals surface area (Å²) in [4.78, 5) is 22.4. The van der Waals surface area contributed by atoms with E-state index in [1.165, 1.54) is 30.3 Å². The van der Waals surface area contributed by atoms with Gasteiger partial charge in [-0.05, 0) is 37.3 Å². The number of rotatable bonds is 3. The van der Waals surface area contributed by atoms with E-state index in [2.05, 4.69) is 5.32 Å². The maximum absolute atomic E-state index is 12.1. The molecule has 0 spiro atoms. The molecule has 2 rings (SSSR count). The highest BCUT2D eigenvalue weighted by Crippen LogP contribution is 2.22. The lowest BCUT2D eigenvalue weighted by atomic mass is 10.1. The SMILES string of the molecule is Cc1cc(C(=O)Nc2ccc(Cl)c(C#N)c2)ccc1[N+](=O)[O-]. The number of nitro groups is 1. The second-order valence-corrected chi connectivity index (χ2v) is 4.93. The molecule has 0 radical (unpaired) electrons. The average Bonchev–Trinajstić information content (AvgIpc) is 2.48. The Morgan fingerprint density at radius 1 is 1.32 bits per heavy atom. The van der Waals surface area contributed by atoms with Crippen molar-refractivity contribution in [3.05, 3.63) is 68.2 Å². The normalized spacial score (nSPS) is 9.86. The second-order valence-electron chi connectivity index (χ2n) is 4.52. The number of nitrogens with one attached hydrogen (secondary N) is 1. The largest absolute Gasteiger partial charge is 0.322 e. The molecule has 0 aliphatic rings. The van der Waals surface area contributed by atoms with Gasteiger partial charge in [-0.1, -0.05) is 11.6 Å². The molecular formula is C15H10ClN3O3. The number of benzene rings is 2. The van der Waals surface area contributed by atoms with Crippen LogP contribution < -0.4 is 5.32 Å². The van der Waals surface area contributed by atoms with Crippen molar-refractivity contribution in [3.63, 3.8) is 0 Å². The number of aryl methyl sites for hydroxylation is 1. The van der Waals surface area contributed by atoms with Crippen LogP contribution in [0.4, 0.5) is 11.4 Å². The number of hydrogen-bond acceptors (Lipinski definition) is 4. The van der Waals surface area contributed by atoms with Gasteiger partial charge in [0.25, 0.3) is 11.6 Å². The van der Waals surface area contributed by atoms with Crippen LogP contribution in [0, 0.1) is 28.4 Å². The molecule has 0 aliphatic carbocycles. The lowest BCUT2D eigenvalue weighted by Crippen LogP contribution is -2.12. The van der Waals surface area contributed by atoms with E-state index in [1.54, 1.807) is 13.0 Å². The molecule has 0 aromatic heterocycles. The maximum Gasteiger partial charge on any atom is 0.272 e. The zero-order valence-electron chi connectivity index (χ0n) is 11.5. The smallest absolute Gasteiger partial charge is 0.272 e. The quantitative estimate of drug-likeness (QED) is 0.690. The van der Waals surface area contributed by atoms with Crippen molar-refractivity contribution in [2.45, 2.75) is 6.92 Å². The van der Waals surface area contributed by atoms with Crippen molar-refractivity contribution in [1.29, 1.82) is 5.26 Å². The van der Waals surface area contributed by atoms with E-state index in [0.717, 1.165) is 0 Å². The molecule has 0 aliphatic heterocycles. The molecule has 1 N–H and O–H groups in total. The zero-order chi connectivity index (χ0) is 16.3. The van der Waals surface area contributed by atoms with E-state index < -0.39 is 10.8 Å². The molecule has 0 heterocycles. The highest BCUT2D eigenvalue weighted by atomic mass is 35.5.